The predicted octanol–water partition coefficient (Wildman–Crippen LogP) is 4.85. The number of para-hydroxylation sites is 1. The molecule has 2 heterocycles. The number of nitrogens with one attached hydrogen (secondary N) is 1. The third-order valence-electron chi connectivity index (χ3n) is 3.24. The summed E-state index contributed by atoms with van der Waals surface area (Å²) < 4.78 is 6.20. The van der Waals surface area contributed by atoms with Gasteiger partial charge in [-0.2, -0.15) is 9.97 Å². The zero-order valence-electron chi connectivity index (χ0n) is 13.0. The average molecular weight is 360 g/mol. The fourth-order valence-electron chi connectivity index (χ4n) is 2.12. The zero-order chi connectivity index (χ0) is 17.1. The van der Waals surface area contributed by atoms with Gasteiger partial charge in [0.25, 0.3) is 5.91 Å². The van der Waals surface area contributed by atoms with E-state index in [4.69, 9.17) is 16.3 Å². The Kier molecular flexibility index (Phi) is 4.78. The first-order chi connectivity index (χ1) is 11.5. The molecule has 0 saturated carbocycles. The molecular weight excluding hydrogens is 346 g/mol. The minimum absolute atomic E-state index is 0.238. The third kappa shape index (κ3) is 3.72. The molecule has 1 amide bonds. The summed E-state index contributed by atoms with van der Waals surface area (Å²) in [4.78, 5) is 21.4. The van der Waals surface area contributed by atoms with Gasteiger partial charge in [-0.15, -0.1) is 11.3 Å². The molecule has 24 heavy (non-hydrogen) atoms. The van der Waals surface area contributed by atoms with Crippen molar-refractivity contribution in [1.82, 2.24) is 9.97 Å². The lowest BCUT2D eigenvalue weighted by atomic mass is 10.2. The van der Waals surface area contributed by atoms with Gasteiger partial charge in [0.2, 0.25) is 0 Å². The molecule has 1 N–H and O–H groups in total. The minimum Gasteiger partial charge on any atom is -0.424 e. The Hall–Kier alpha value is -2.44. The molecule has 0 saturated heterocycles. The van der Waals surface area contributed by atoms with E-state index in [2.05, 4.69) is 15.3 Å². The molecule has 0 radical (unpaired) electrons. The maximum absolute atomic E-state index is 12.3. The van der Waals surface area contributed by atoms with Gasteiger partial charge >= 0.3 is 6.01 Å². The van der Waals surface area contributed by atoms with Crippen molar-refractivity contribution >= 4 is 34.5 Å². The van der Waals surface area contributed by atoms with E-state index in [-0.39, 0.29) is 11.9 Å². The summed E-state index contributed by atoms with van der Waals surface area (Å²) in [6.07, 6.45) is 0. The van der Waals surface area contributed by atoms with Gasteiger partial charge < -0.3 is 10.1 Å². The van der Waals surface area contributed by atoms with Crippen molar-refractivity contribution in [1.29, 1.82) is 0 Å². The van der Waals surface area contributed by atoms with Crippen molar-refractivity contribution in [3.63, 3.8) is 0 Å². The van der Waals surface area contributed by atoms with Gasteiger partial charge in [0.05, 0.1) is 26.3 Å². The Morgan fingerprint density at radius 2 is 1.75 bits per heavy atom. The van der Waals surface area contributed by atoms with Crippen LogP contribution in [0.15, 0.2) is 42.5 Å². The van der Waals surface area contributed by atoms with E-state index in [0.29, 0.717) is 32.0 Å². The zero-order valence-corrected chi connectivity index (χ0v) is 14.6. The van der Waals surface area contributed by atoms with Gasteiger partial charge in [-0.05, 0) is 38.1 Å². The fraction of sp³-hybridized carbons (Fsp3) is 0.118. The van der Waals surface area contributed by atoms with E-state index in [1.54, 1.807) is 26.0 Å². The van der Waals surface area contributed by atoms with Crippen molar-refractivity contribution in [2.45, 2.75) is 13.8 Å². The first-order valence-corrected chi connectivity index (χ1v) is 8.37. The summed E-state index contributed by atoms with van der Waals surface area (Å²) in [6, 6.07) is 12.9. The number of amides is 1. The maximum atomic E-state index is 12.3. The van der Waals surface area contributed by atoms with Gasteiger partial charge in [0.15, 0.2) is 0 Å². The highest BCUT2D eigenvalue weighted by molar-refractivity contribution is 7.18. The number of hydrogen-bond acceptors (Lipinski definition) is 5. The van der Waals surface area contributed by atoms with Gasteiger partial charge in [-0.25, -0.2) is 0 Å². The summed E-state index contributed by atoms with van der Waals surface area (Å²) in [7, 11) is 0. The second kappa shape index (κ2) is 6.98. The molecule has 1 aromatic carbocycles. The number of halogens is 1. The number of anilines is 1. The molecule has 3 aromatic rings. The second-order valence-electron chi connectivity index (χ2n) is 5.02. The first kappa shape index (κ1) is 16.4. The molecule has 5 nitrogen and oxygen atoms in total. The Bertz CT molecular complexity index is 858. The van der Waals surface area contributed by atoms with Crippen LogP contribution in [0.25, 0.3) is 0 Å². The molecule has 7 heteroatoms. The fourth-order valence-corrected chi connectivity index (χ4v) is 3.06. The van der Waals surface area contributed by atoms with Crippen LogP contribution in [0, 0.1) is 13.8 Å². The smallest absolute Gasteiger partial charge is 0.322 e. The monoisotopic (exact) mass is 359 g/mol. The lowest BCUT2D eigenvalue weighted by Gasteiger charge is -2.12. The van der Waals surface area contributed by atoms with E-state index in [9.17, 15) is 4.79 Å². The van der Waals surface area contributed by atoms with Crippen LogP contribution in [0.2, 0.25) is 4.34 Å². The van der Waals surface area contributed by atoms with E-state index in [1.807, 2.05) is 30.3 Å². The van der Waals surface area contributed by atoms with Crippen molar-refractivity contribution < 1.29 is 9.53 Å². The van der Waals surface area contributed by atoms with Crippen LogP contribution in [0.5, 0.6) is 11.8 Å². The number of nitrogens with zero attached hydrogens (tertiary/aromatic N) is 2. The van der Waals surface area contributed by atoms with Crippen LogP contribution in [0.4, 0.5) is 5.69 Å². The maximum Gasteiger partial charge on any atom is 0.322 e. The van der Waals surface area contributed by atoms with Crippen molar-refractivity contribution in [2.75, 3.05) is 5.32 Å². The molecule has 0 fully saturated rings. The van der Waals surface area contributed by atoms with E-state index >= 15 is 0 Å². The van der Waals surface area contributed by atoms with Gasteiger partial charge in [-0.3, -0.25) is 4.79 Å². The standard InChI is InChI=1S/C17H14ClN3O2S/c1-10-15(21-16(22)13-8-9-14(18)24-13)11(2)20-17(19-10)23-12-6-4-3-5-7-12/h3-9H,1-2H3,(H,21,22). The van der Waals surface area contributed by atoms with Crippen LogP contribution in [0.1, 0.15) is 21.1 Å². The highest BCUT2D eigenvalue weighted by atomic mass is 35.5. The van der Waals surface area contributed by atoms with Crippen molar-refractivity contribution in [2.24, 2.45) is 0 Å². The number of thiophene rings is 1. The quantitative estimate of drug-likeness (QED) is 0.723. The summed E-state index contributed by atoms with van der Waals surface area (Å²) in [5.41, 5.74) is 1.83. The first-order valence-electron chi connectivity index (χ1n) is 7.18. The average Bonchev–Trinajstić information content (AvgIpc) is 2.98. The number of aryl methyl sites for hydroxylation is 2. The highest BCUT2D eigenvalue weighted by Crippen LogP contribution is 2.26. The normalized spacial score (nSPS) is 10.5. The topological polar surface area (TPSA) is 64.1 Å². The number of carbonyl (C=O) groups is 1. The summed E-state index contributed by atoms with van der Waals surface area (Å²) in [6.45, 7) is 3.59. The Balaban J connectivity index is 1.81. The lowest BCUT2D eigenvalue weighted by Crippen LogP contribution is -2.14. The van der Waals surface area contributed by atoms with Gasteiger partial charge in [-0.1, -0.05) is 29.8 Å². The second-order valence-corrected chi connectivity index (χ2v) is 6.74. The SMILES string of the molecule is Cc1nc(Oc2ccccc2)nc(C)c1NC(=O)c1ccc(Cl)s1. The molecule has 0 bridgehead atoms. The summed E-state index contributed by atoms with van der Waals surface area (Å²) in [5.74, 6) is 0.416. The van der Waals surface area contributed by atoms with Crippen LogP contribution in [0.3, 0.4) is 0 Å². The van der Waals surface area contributed by atoms with E-state index in [0.717, 1.165) is 0 Å². The number of benzene rings is 1. The third-order valence-corrected chi connectivity index (χ3v) is 4.47. The number of ether oxygens (including phenoxy) is 1. The van der Waals surface area contributed by atoms with Gasteiger partial charge in [0.1, 0.15) is 5.75 Å². The predicted molar refractivity (Wildman–Crippen MR) is 95.3 cm³/mol. The van der Waals surface area contributed by atoms with Crippen LogP contribution in [-0.4, -0.2) is 15.9 Å². The number of rotatable bonds is 4. The van der Waals surface area contributed by atoms with Crippen LogP contribution in [-0.2, 0) is 0 Å². The number of hydrogen-bond donors (Lipinski definition) is 1. The molecule has 0 aliphatic carbocycles. The Morgan fingerprint density at radius 1 is 1.08 bits per heavy atom. The molecule has 0 atom stereocenters. The number of carbonyl (C=O) groups excluding carboxylic acids is 1. The minimum atomic E-state index is -0.238. The molecule has 3 rings (SSSR count). The molecule has 0 spiro atoms. The Morgan fingerprint density at radius 3 is 2.33 bits per heavy atom. The van der Waals surface area contributed by atoms with Crippen LogP contribution < -0.4 is 10.1 Å². The summed E-state index contributed by atoms with van der Waals surface area (Å²) >= 11 is 7.08. The number of aromatic nitrogens is 2. The largest absolute Gasteiger partial charge is 0.424 e. The molecular formula is C17H14ClN3O2S. The van der Waals surface area contributed by atoms with Crippen molar-refractivity contribution in [3.8, 4) is 11.8 Å². The Labute approximate surface area is 148 Å². The molecule has 0 aliphatic rings. The van der Waals surface area contributed by atoms with E-state index < -0.39 is 0 Å². The van der Waals surface area contributed by atoms with E-state index in [1.165, 1.54) is 11.3 Å². The van der Waals surface area contributed by atoms with Crippen molar-refractivity contribution in [3.05, 3.63) is 63.1 Å². The van der Waals surface area contributed by atoms with Crippen LogP contribution >= 0.6 is 22.9 Å². The molecule has 0 aliphatic heterocycles. The molecule has 2 aromatic heterocycles. The molecule has 0 unspecified atom stereocenters. The van der Waals surface area contributed by atoms with Gasteiger partial charge in [0, 0.05) is 0 Å². The lowest BCUT2D eigenvalue weighted by molar-refractivity contribution is 0.103. The molecule has 122 valence electrons. The highest BCUT2D eigenvalue weighted by Gasteiger charge is 2.15. The summed E-state index contributed by atoms with van der Waals surface area (Å²) in [5, 5.41) is 2.83.